The van der Waals surface area contributed by atoms with Crippen molar-refractivity contribution in [2.24, 2.45) is 0 Å². The van der Waals surface area contributed by atoms with Crippen LogP contribution in [0.15, 0.2) is 30.3 Å². The molecule has 0 spiro atoms. The van der Waals surface area contributed by atoms with Crippen LogP contribution < -0.4 is 5.32 Å². The monoisotopic (exact) mass is 209 g/mol. The number of thioether (sulfide) groups is 1. The van der Waals surface area contributed by atoms with Crippen LogP contribution in [0.4, 0.5) is 0 Å². The van der Waals surface area contributed by atoms with E-state index in [0.717, 1.165) is 5.56 Å². The zero-order valence-corrected chi connectivity index (χ0v) is 8.33. The van der Waals surface area contributed by atoms with Crippen LogP contribution in [0.1, 0.15) is 10.8 Å². The molecule has 1 saturated heterocycles. The molecule has 1 fully saturated rings. The molecule has 14 heavy (non-hydrogen) atoms. The third-order valence-electron chi connectivity index (χ3n) is 2.26. The fourth-order valence-electron chi connectivity index (χ4n) is 1.58. The van der Waals surface area contributed by atoms with E-state index in [2.05, 4.69) is 5.32 Å². The SMILES string of the molecule is O=C(O)C1NCSC1c1ccccc1. The molecule has 0 aromatic heterocycles. The van der Waals surface area contributed by atoms with Crippen LogP contribution in [-0.2, 0) is 4.79 Å². The van der Waals surface area contributed by atoms with E-state index < -0.39 is 12.0 Å². The van der Waals surface area contributed by atoms with Gasteiger partial charge in [0.15, 0.2) is 0 Å². The van der Waals surface area contributed by atoms with Crippen LogP contribution in [0.3, 0.4) is 0 Å². The van der Waals surface area contributed by atoms with E-state index >= 15 is 0 Å². The van der Waals surface area contributed by atoms with Gasteiger partial charge in [0, 0.05) is 5.88 Å². The molecule has 4 heteroatoms. The van der Waals surface area contributed by atoms with E-state index in [9.17, 15) is 4.79 Å². The molecule has 2 rings (SSSR count). The van der Waals surface area contributed by atoms with Gasteiger partial charge in [-0.25, -0.2) is 0 Å². The molecule has 0 amide bonds. The molecular formula is C10H11NO2S. The molecule has 3 nitrogen and oxygen atoms in total. The van der Waals surface area contributed by atoms with Gasteiger partial charge in [-0.2, -0.15) is 0 Å². The first-order valence-electron chi connectivity index (χ1n) is 4.42. The molecular weight excluding hydrogens is 198 g/mol. The number of benzene rings is 1. The van der Waals surface area contributed by atoms with Gasteiger partial charge in [-0.15, -0.1) is 11.8 Å². The lowest BCUT2D eigenvalue weighted by Crippen LogP contribution is -2.34. The van der Waals surface area contributed by atoms with Gasteiger partial charge in [-0.3, -0.25) is 10.1 Å². The minimum Gasteiger partial charge on any atom is -0.480 e. The molecule has 0 radical (unpaired) electrons. The highest BCUT2D eigenvalue weighted by Crippen LogP contribution is 2.36. The molecule has 1 aromatic carbocycles. The number of carboxylic acids is 1. The molecule has 1 aliphatic heterocycles. The zero-order chi connectivity index (χ0) is 9.97. The highest BCUT2D eigenvalue weighted by molar-refractivity contribution is 7.99. The first kappa shape index (κ1) is 9.55. The van der Waals surface area contributed by atoms with Gasteiger partial charge in [-0.1, -0.05) is 30.3 Å². The maximum absolute atomic E-state index is 10.9. The largest absolute Gasteiger partial charge is 0.480 e. The Morgan fingerprint density at radius 3 is 2.79 bits per heavy atom. The summed E-state index contributed by atoms with van der Waals surface area (Å²) in [4.78, 5) is 10.9. The van der Waals surface area contributed by atoms with Crippen LogP contribution in [0.5, 0.6) is 0 Å². The van der Waals surface area contributed by atoms with Gasteiger partial charge in [0.25, 0.3) is 0 Å². The summed E-state index contributed by atoms with van der Waals surface area (Å²) in [6.45, 7) is 0. The van der Waals surface area contributed by atoms with Crippen molar-refractivity contribution >= 4 is 17.7 Å². The number of nitrogens with one attached hydrogen (secondary N) is 1. The van der Waals surface area contributed by atoms with E-state index in [1.54, 1.807) is 11.8 Å². The second kappa shape index (κ2) is 4.02. The highest BCUT2D eigenvalue weighted by Gasteiger charge is 2.33. The van der Waals surface area contributed by atoms with E-state index in [4.69, 9.17) is 5.11 Å². The fourth-order valence-corrected chi connectivity index (χ4v) is 2.79. The first-order chi connectivity index (χ1) is 6.79. The molecule has 2 unspecified atom stereocenters. The number of carbonyl (C=O) groups is 1. The average Bonchev–Trinajstić information content (AvgIpc) is 2.67. The molecule has 2 N–H and O–H groups in total. The Bertz CT molecular complexity index is 328. The lowest BCUT2D eigenvalue weighted by molar-refractivity contribution is -0.139. The number of rotatable bonds is 2. The van der Waals surface area contributed by atoms with Gasteiger partial charge >= 0.3 is 5.97 Å². The maximum Gasteiger partial charge on any atom is 0.322 e. The van der Waals surface area contributed by atoms with E-state index in [-0.39, 0.29) is 5.25 Å². The second-order valence-electron chi connectivity index (χ2n) is 3.16. The van der Waals surface area contributed by atoms with Gasteiger partial charge in [0.05, 0.1) is 5.25 Å². The van der Waals surface area contributed by atoms with E-state index in [0.29, 0.717) is 5.88 Å². The fraction of sp³-hybridized carbons (Fsp3) is 0.300. The minimum absolute atomic E-state index is 0.0358. The Labute approximate surface area is 86.5 Å². The van der Waals surface area contributed by atoms with Crippen molar-refractivity contribution in [1.29, 1.82) is 0 Å². The third kappa shape index (κ3) is 1.76. The summed E-state index contributed by atoms with van der Waals surface area (Å²) in [5.41, 5.74) is 1.08. The number of hydrogen-bond donors (Lipinski definition) is 2. The van der Waals surface area contributed by atoms with Crippen LogP contribution in [0, 0.1) is 0 Å². The van der Waals surface area contributed by atoms with Crippen molar-refractivity contribution in [1.82, 2.24) is 5.32 Å². The summed E-state index contributed by atoms with van der Waals surface area (Å²) < 4.78 is 0. The number of carboxylic acid groups (broad SMARTS) is 1. The summed E-state index contributed by atoms with van der Waals surface area (Å²) in [6.07, 6.45) is 0. The van der Waals surface area contributed by atoms with Crippen molar-refractivity contribution < 1.29 is 9.90 Å². The topological polar surface area (TPSA) is 49.3 Å². The molecule has 74 valence electrons. The zero-order valence-electron chi connectivity index (χ0n) is 7.51. The molecule has 0 aliphatic carbocycles. The normalized spacial score (nSPS) is 26.3. The van der Waals surface area contributed by atoms with Gasteiger partial charge in [0.1, 0.15) is 6.04 Å². The first-order valence-corrected chi connectivity index (χ1v) is 5.46. The van der Waals surface area contributed by atoms with Gasteiger partial charge in [-0.05, 0) is 5.56 Å². The quantitative estimate of drug-likeness (QED) is 0.774. The summed E-state index contributed by atoms with van der Waals surface area (Å²) in [7, 11) is 0. The minimum atomic E-state index is -0.774. The standard InChI is InChI=1S/C10H11NO2S/c12-10(13)8-9(14-6-11-8)7-4-2-1-3-5-7/h1-5,8-9,11H,6H2,(H,12,13). The number of aliphatic carboxylic acids is 1. The Morgan fingerprint density at radius 2 is 2.14 bits per heavy atom. The third-order valence-corrected chi connectivity index (χ3v) is 3.50. The molecule has 1 heterocycles. The van der Waals surface area contributed by atoms with Crippen molar-refractivity contribution in [3.63, 3.8) is 0 Å². The van der Waals surface area contributed by atoms with Crippen LogP contribution in [0.2, 0.25) is 0 Å². The van der Waals surface area contributed by atoms with Crippen LogP contribution >= 0.6 is 11.8 Å². The van der Waals surface area contributed by atoms with Gasteiger partial charge in [0.2, 0.25) is 0 Å². The van der Waals surface area contributed by atoms with Crippen molar-refractivity contribution in [3.05, 3.63) is 35.9 Å². The van der Waals surface area contributed by atoms with Crippen molar-refractivity contribution in [2.45, 2.75) is 11.3 Å². The number of hydrogen-bond acceptors (Lipinski definition) is 3. The lowest BCUT2D eigenvalue weighted by atomic mass is 10.1. The summed E-state index contributed by atoms with van der Waals surface area (Å²) in [5.74, 6) is -0.0693. The molecule has 0 bridgehead atoms. The predicted molar refractivity (Wildman–Crippen MR) is 56.2 cm³/mol. The molecule has 2 atom stereocenters. The van der Waals surface area contributed by atoms with Gasteiger partial charge < -0.3 is 5.11 Å². The Hall–Kier alpha value is -1.00. The van der Waals surface area contributed by atoms with Crippen LogP contribution in [0.25, 0.3) is 0 Å². The molecule has 1 aromatic rings. The molecule has 1 aliphatic rings. The smallest absolute Gasteiger partial charge is 0.322 e. The predicted octanol–water partition coefficient (Wildman–Crippen LogP) is 1.47. The molecule has 0 saturated carbocycles. The lowest BCUT2D eigenvalue weighted by Gasteiger charge is -2.14. The Morgan fingerprint density at radius 1 is 1.43 bits per heavy atom. The Balaban J connectivity index is 2.22. The summed E-state index contributed by atoms with van der Waals surface area (Å²) in [6, 6.07) is 9.30. The van der Waals surface area contributed by atoms with Crippen molar-refractivity contribution in [3.8, 4) is 0 Å². The summed E-state index contributed by atoms with van der Waals surface area (Å²) in [5, 5.41) is 12.0. The Kier molecular flexibility index (Phi) is 2.74. The second-order valence-corrected chi connectivity index (χ2v) is 4.29. The van der Waals surface area contributed by atoms with E-state index in [1.807, 2.05) is 30.3 Å². The average molecular weight is 209 g/mol. The summed E-state index contributed by atoms with van der Waals surface area (Å²) >= 11 is 1.64. The van der Waals surface area contributed by atoms with E-state index in [1.165, 1.54) is 0 Å². The van der Waals surface area contributed by atoms with Crippen LogP contribution in [-0.4, -0.2) is 23.0 Å². The highest BCUT2D eigenvalue weighted by atomic mass is 32.2. The maximum atomic E-state index is 10.9. The van der Waals surface area contributed by atoms with Crippen molar-refractivity contribution in [2.75, 3.05) is 5.88 Å².